The fourth-order valence-corrected chi connectivity index (χ4v) is 3.96. The fourth-order valence-electron chi connectivity index (χ4n) is 3.26. The molecule has 2 N–H and O–H groups in total. The molecule has 170 valence electrons. The first-order valence-electron chi connectivity index (χ1n) is 10.2. The molecule has 0 amide bonds. The highest BCUT2D eigenvalue weighted by atomic mass is 31.1. The molecule has 0 fully saturated rings. The van der Waals surface area contributed by atoms with Crippen molar-refractivity contribution in [2.45, 2.75) is 32.3 Å². The summed E-state index contributed by atoms with van der Waals surface area (Å²) >= 11 is 0. The van der Waals surface area contributed by atoms with Gasteiger partial charge in [0.2, 0.25) is 6.16 Å². The Kier molecular flexibility index (Phi) is 7.94. The van der Waals surface area contributed by atoms with Crippen molar-refractivity contribution in [2.75, 3.05) is 6.16 Å². The van der Waals surface area contributed by atoms with Crippen molar-refractivity contribution in [1.29, 1.82) is 0 Å². The predicted octanol–water partition coefficient (Wildman–Crippen LogP) is 4.71. The van der Waals surface area contributed by atoms with Crippen LogP contribution in [0.4, 0.5) is 4.39 Å². The second kappa shape index (κ2) is 10.9. The maximum Gasteiger partial charge on any atom is 0.567 e. The smallest absolute Gasteiger partial charge is 0.481 e. The van der Waals surface area contributed by atoms with Crippen LogP contribution in [0.15, 0.2) is 54.6 Å². The Labute approximate surface area is 191 Å². The second-order valence-corrected chi connectivity index (χ2v) is 8.82. The van der Waals surface area contributed by atoms with Crippen molar-refractivity contribution in [3.05, 3.63) is 71.7 Å². The van der Waals surface area contributed by atoms with Crippen LogP contribution in [0, 0.1) is 17.8 Å². The van der Waals surface area contributed by atoms with Gasteiger partial charge in [-0.1, -0.05) is 32.0 Å². The summed E-state index contributed by atoms with van der Waals surface area (Å²) in [5.74, 6) is 1.31. The number of carboxylic acid groups (broad SMARTS) is 1. The lowest BCUT2D eigenvalue weighted by atomic mass is 10.0. The van der Waals surface area contributed by atoms with E-state index in [0.717, 1.165) is 11.4 Å². The van der Waals surface area contributed by atoms with Crippen molar-refractivity contribution < 1.29 is 28.5 Å². The molecule has 0 bridgehead atoms. The van der Waals surface area contributed by atoms with Gasteiger partial charge in [-0.05, 0) is 52.8 Å². The topological polar surface area (TPSA) is 102 Å². The molecule has 1 unspecified atom stereocenters. The lowest BCUT2D eigenvalue weighted by molar-refractivity contribution is -0.138. The quantitative estimate of drug-likeness (QED) is 0.366. The molecule has 2 atom stereocenters. The van der Waals surface area contributed by atoms with Crippen LogP contribution in [0.5, 0.6) is 0 Å². The largest absolute Gasteiger partial charge is 0.567 e. The number of hydrogen-bond donors (Lipinski definition) is 2. The number of aliphatic hydroxyl groups excluding tert-OH is 1. The molecule has 2 aromatic carbocycles. The third-order valence-corrected chi connectivity index (χ3v) is 5.69. The summed E-state index contributed by atoms with van der Waals surface area (Å²) in [4.78, 5) is 10.6. The molecule has 33 heavy (non-hydrogen) atoms. The maximum absolute atomic E-state index is 13.5. The Bertz CT molecular complexity index is 1200. The molecule has 7 nitrogen and oxygen atoms in total. The first-order chi connectivity index (χ1) is 15.8. The average Bonchev–Trinajstić information content (AvgIpc) is 3.14. The zero-order valence-electron chi connectivity index (χ0n) is 18.1. The van der Waals surface area contributed by atoms with Gasteiger partial charge in [0.25, 0.3) is 0 Å². The number of rotatable bonds is 8. The van der Waals surface area contributed by atoms with Gasteiger partial charge in [-0.3, -0.25) is 4.79 Å². The van der Waals surface area contributed by atoms with Crippen LogP contribution in [0.1, 0.15) is 37.4 Å². The van der Waals surface area contributed by atoms with Crippen LogP contribution in [-0.2, 0) is 13.9 Å². The third kappa shape index (κ3) is 6.26. The molecule has 0 aliphatic carbocycles. The van der Waals surface area contributed by atoms with Crippen molar-refractivity contribution in [2.24, 2.45) is 0 Å². The molecule has 3 rings (SSSR count). The van der Waals surface area contributed by atoms with Gasteiger partial charge in [0.05, 0.1) is 23.4 Å². The van der Waals surface area contributed by atoms with Crippen LogP contribution in [0.2, 0.25) is 0 Å². The summed E-state index contributed by atoms with van der Waals surface area (Å²) in [6, 6.07) is 15.4. The summed E-state index contributed by atoms with van der Waals surface area (Å²) in [6.45, 7) is 3.97. The molecular weight excluding hydrogens is 446 g/mol. The van der Waals surface area contributed by atoms with E-state index < -0.39 is 26.5 Å². The summed E-state index contributed by atoms with van der Waals surface area (Å²) < 4.78 is 32.4. The van der Waals surface area contributed by atoms with E-state index in [1.54, 1.807) is 16.8 Å². The Hall–Kier alpha value is -3.53. The molecule has 0 spiro atoms. The number of aromatic nitrogens is 2. The van der Waals surface area contributed by atoms with Gasteiger partial charge < -0.3 is 10.2 Å². The number of carbonyl (C=O) groups is 1. The summed E-state index contributed by atoms with van der Waals surface area (Å²) in [7, 11) is -2.39. The Morgan fingerprint density at radius 2 is 1.85 bits per heavy atom. The number of nitrogens with zero attached hydrogens (tertiary/aromatic N) is 2. The monoisotopic (exact) mass is 469 g/mol. The van der Waals surface area contributed by atoms with E-state index in [1.807, 2.05) is 44.2 Å². The Morgan fingerprint density at radius 3 is 2.45 bits per heavy atom. The number of para-hydroxylation sites is 1. The summed E-state index contributed by atoms with van der Waals surface area (Å²) in [5.41, 5.74) is 3.31. The highest BCUT2D eigenvalue weighted by Gasteiger charge is 2.26. The second-order valence-electron chi connectivity index (χ2n) is 7.60. The van der Waals surface area contributed by atoms with E-state index >= 15 is 0 Å². The van der Waals surface area contributed by atoms with Gasteiger partial charge in [-0.15, -0.1) is 0 Å². The molecular formula is C24H23FN2O5P+. The summed E-state index contributed by atoms with van der Waals surface area (Å²) in [5, 5.41) is 23.1. The Balaban J connectivity index is 2.01. The fraction of sp³-hybridized carbons (Fsp3) is 0.250. The Morgan fingerprint density at radius 1 is 1.18 bits per heavy atom. The number of aliphatic carboxylic acids is 1. The predicted molar refractivity (Wildman–Crippen MR) is 122 cm³/mol. The normalized spacial score (nSPS) is 12.1. The molecule has 0 saturated heterocycles. The van der Waals surface area contributed by atoms with Crippen LogP contribution in [-0.4, -0.2) is 38.2 Å². The van der Waals surface area contributed by atoms with Crippen molar-refractivity contribution >= 4 is 14.0 Å². The SMILES string of the molecule is CC(C)c1c(C#CO[P+](=O)C[C@@H](O)CC(=O)O)c(-c2ccc(F)cc2)nn1-c1ccccc1. The third-order valence-electron chi connectivity index (χ3n) is 4.68. The molecule has 1 heterocycles. The van der Waals surface area contributed by atoms with Crippen LogP contribution < -0.4 is 0 Å². The molecule has 0 aliphatic heterocycles. The zero-order chi connectivity index (χ0) is 24.0. The minimum Gasteiger partial charge on any atom is -0.481 e. The van der Waals surface area contributed by atoms with Crippen molar-refractivity contribution in [3.8, 4) is 29.0 Å². The van der Waals surface area contributed by atoms with Crippen LogP contribution in [0.3, 0.4) is 0 Å². The number of benzene rings is 2. The highest BCUT2D eigenvalue weighted by Crippen LogP contribution is 2.32. The van der Waals surface area contributed by atoms with E-state index in [2.05, 4.69) is 12.0 Å². The maximum atomic E-state index is 13.5. The van der Waals surface area contributed by atoms with Crippen LogP contribution in [0.25, 0.3) is 16.9 Å². The van der Waals surface area contributed by atoms with Gasteiger partial charge in [0.15, 0.2) is 6.11 Å². The highest BCUT2D eigenvalue weighted by molar-refractivity contribution is 7.39. The van der Waals surface area contributed by atoms with Gasteiger partial charge in [0, 0.05) is 5.56 Å². The molecule has 3 aromatic rings. The number of aliphatic hydroxyl groups is 1. The number of halogens is 1. The van der Waals surface area contributed by atoms with Gasteiger partial charge in [-0.25, -0.2) is 9.07 Å². The molecule has 0 radical (unpaired) electrons. The van der Waals surface area contributed by atoms with Gasteiger partial charge in [0.1, 0.15) is 17.6 Å². The number of carboxylic acids is 1. The average molecular weight is 469 g/mol. The zero-order valence-corrected chi connectivity index (χ0v) is 19.0. The van der Waals surface area contributed by atoms with Crippen LogP contribution >= 0.6 is 8.03 Å². The first-order valence-corrected chi connectivity index (χ1v) is 11.6. The van der Waals surface area contributed by atoms with E-state index in [-0.39, 0.29) is 17.9 Å². The first kappa shape index (κ1) is 24.1. The molecule has 9 heteroatoms. The lowest BCUT2D eigenvalue weighted by Gasteiger charge is -2.10. The lowest BCUT2D eigenvalue weighted by Crippen LogP contribution is -2.15. The molecule has 1 aromatic heterocycles. The van der Waals surface area contributed by atoms with Gasteiger partial charge in [-0.2, -0.15) is 9.62 Å². The van der Waals surface area contributed by atoms with E-state index in [9.17, 15) is 18.9 Å². The minimum atomic E-state index is -2.39. The molecule has 0 saturated carbocycles. The van der Waals surface area contributed by atoms with E-state index in [1.165, 1.54) is 12.1 Å². The standard InChI is InChI=1S/C24H22FN2O5P/c1-16(2)24-21(12-13-32-33(31)15-20(28)14-22(29)30)23(17-8-10-18(25)11-9-17)26-27(24)19-6-4-3-5-7-19/h3-11,16,20,28H,14-15H2,1-2H3/p+1/t20-/m0/s1. The van der Waals surface area contributed by atoms with Gasteiger partial charge >= 0.3 is 14.0 Å². The number of hydrogen-bond acceptors (Lipinski definition) is 5. The van der Waals surface area contributed by atoms with E-state index in [4.69, 9.17) is 14.7 Å². The van der Waals surface area contributed by atoms with Crippen molar-refractivity contribution in [1.82, 2.24) is 9.78 Å². The summed E-state index contributed by atoms with van der Waals surface area (Å²) in [6.07, 6.45) is 0.246. The molecule has 0 aliphatic rings. The minimum absolute atomic E-state index is 0.00218. The van der Waals surface area contributed by atoms with Crippen molar-refractivity contribution in [3.63, 3.8) is 0 Å². The van der Waals surface area contributed by atoms with E-state index in [0.29, 0.717) is 16.8 Å².